The molecule has 6 nitrogen and oxygen atoms in total. The summed E-state index contributed by atoms with van der Waals surface area (Å²) in [5, 5.41) is 4.92. The molecule has 3 rings (SSSR count). The van der Waals surface area contributed by atoms with Gasteiger partial charge in [-0.3, -0.25) is 14.5 Å². The zero-order chi connectivity index (χ0) is 17.6. The molecule has 1 fully saturated rings. The van der Waals surface area contributed by atoms with Crippen LogP contribution in [0.1, 0.15) is 32.1 Å². The van der Waals surface area contributed by atoms with Crippen LogP contribution < -0.4 is 5.32 Å². The summed E-state index contributed by atoms with van der Waals surface area (Å²) in [5.41, 5.74) is 0.527. The molecule has 1 saturated heterocycles. The first-order valence-corrected chi connectivity index (χ1v) is 11.8. The van der Waals surface area contributed by atoms with Crippen molar-refractivity contribution in [2.24, 2.45) is 4.99 Å². The molecule has 9 heteroatoms. The van der Waals surface area contributed by atoms with E-state index in [-0.39, 0.29) is 24.9 Å². The minimum absolute atomic E-state index is 0.0218. The van der Waals surface area contributed by atoms with Crippen LogP contribution in [0.2, 0.25) is 0 Å². The first-order chi connectivity index (χ1) is 12.1. The van der Waals surface area contributed by atoms with Crippen LogP contribution in [0.3, 0.4) is 0 Å². The molecule has 136 valence electrons. The van der Waals surface area contributed by atoms with Crippen LogP contribution in [0, 0.1) is 0 Å². The van der Waals surface area contributed by atoms with Crippen molar-refractivity contribution in [1.82, 2.24) is 10.2 Å². The number of nitrogens with zero attached hydrogens (tertiary/aromatic N) is 2. The molecular weight excluding hydrogens is 378 g/mol. The van der Waals surface area contributed by atoms with E-state index >= 15 is 0 Å². The van der Waals surface area contributed by atoms with Crippen LogP contribution in [0.25, 0.3) is 0 Å². The third-order valence-corrected chi connectivity index (χ3v) is 8.25. The summed E-state index contributed by atoms with van der Waals surface area (Å²) in [4.78, 5) is 41.1. The van der Waals surface area contributed by atoms with Crippen LogP contribution in [-0.2, 0) is 9.59 Å². The van der Waals surface area contributed by atoms with Gasteiger partial charge in [0.25, 0.3) is 0 Å². The number of fused-ring (bicyclic) bond motifs is 1. The van der Waals surface area contributed by atoms with Crippen molar-refractivity contribution in [3.63, 3.8) is 0 Å². The van der Waals surface area contributed by atoms with E-state index in [0.717, 1.165) is 23.0 Å². The molecule has 3 aliphatic heterocycles. The van der Waals surface area contributed by atoms with E-state index in [1.54, 1.807) is 11.5 Å². The number of nitrogens with one attached hydrogen (secondary N) is 1. The highest BCUT2D eigenvalue weighted by atomic mass is 33.1. The van der Waals surface area contributed by atoms with Gasteiger partial charge in [-0.05, 0) is 30.7 Å². The van der Waals surface area contributed by atoms with Crippen LogP contribution in [-0.4, -0.2) is 57.8 Å². The van der Waals surface area contributed by atoms with Crippen LogP contribution >= 0.6 is 33.3 Å². The Bertz CT molecular complexity index is 603. The highest BCUT2D eigenvalue weighted by Gasteiger charge is 2.38. The summed E-state index contributed by atoms with van der Waals surface area (Å²) >= 11 is 1.36. The molecule has 2 atom stereocenters. The van der Waals surface area contributed by atoms with Gasteiger partial charge in [0.15, 0.2) is 0 Å². The smallest absolute Gasteiger partial charge is 0.350 e. The Morgan fingerprint density at radius 3 is 3.04 bits per heavy atom. The zero-order valence-electron chi connectivity index (χ0n) is 13.8. The van der Waals surface area contributed by atoms with Crippen molar-refractivity contribution in [2.75, 3.05) is 18.8 Å². The molecule has 0 aliphatic carbocycles. The fourth-order valence-electron chi connectivity index (χ4n) is 2.86. The Labute approximate surface area is 159 Å². The molecule has 0 aromatic rings. The summed E-state index contributed by atoms with van der Waals surface area (Å²) < 4.78 is 0. The highest BCUT2D eigenvalue weighted by molar-refractivity contribution is 8.77. The molecule has 3 aliphatic rings. The summed E-state index contributed by atoms with van der Waals surface area (Å²) in [5.74, 6) is 0.975. The second kappa shape index (κ2) is 9.14. The number of amides is 4. The lowest BCUT2D eigenvalue weighted by Gasteiger charge is -2.25. The number of aliphatic imine (C=N–C) groups is 1. The number of hydrogen-bond acceptors (Lipinski definition) is 6. The van der Waals surface area contributed by atoms with Crippen molar-refractivity contribution in [2.45, 2.75) is 42.6 Å². The summed E-state index contributed by atoms with van der Waals surface area (Å²) in [6.07, 6.45) is 6.60. The van der Waals surface area contributed by atoms with Crippen LogP contribution in [0.15, 0.2) is 16.5 Å². The van der Waals surface area contributed by atoms with Crippen molar-refractivity contribution in [3.8, 4) is 0 Å². The van der Waals surface area contributed by atoms with E-state index in [9.17, 15) is 14.4 Å². The van der Waals surface area contributed by atoms with Gasteiger partial charge in [-0.15, -0.1) is 11.8 Å². The van der Waals surface area contributed by atoms with Crippen molar-refractivity contribution < 1.29 is 14.4 Å². The molecule has 2 unspecified atom stereocenters. The molecule has 0 aromatic heterocycles. The Morgan fingerprint density at radius 2 is 2.24 bits per heavy atom. The van der Waals surface area contributed by atoms with E-state index < -0.39 is 11.3 Å². The number of unbranched alkanes of at least 4 members (excludes halogenated alkanes) is 1. The number of thioether (sulfide) groups is 1. The van der Waals surface area contributed by atoms with Gasteiger partial charge in [0.05, 0.1) is 5.71 Å². The Kier molecular flexibility index (Phi) is 6.89. The van der Waals surface area contributed by atoms with Crippen LogP contribution in [0.5, 0.6) is 0 Å². The third kappa shape index (κ3) is 5.04. The minimum Gasteiger partial charge on any atom is -0.354 e. The summed E-state index contributed by atoms with van der Waals surface area (Å²) in [6.45, 7) is 0.453. The van der Waals surface area contributed by atoms with Gasteiger partial charge in [-0.2, -0.15) is 4.99 Å². The average Bonchev–Trinajstić information content (AvgIpc) is 3.26. The van der Waals surface area contributed by atoms with Gasteiger partial charge in [0.1, 0.15) is 5.25 Å². The second-order valence-electron chi connectivity index (χ2n) is 6.05. The normalized spacial score (nSPS) is 25.3. The maximum Gasteiger partial charge on any atom is 0.350 e. The SMILES string of the molecule is O=C(CCCCC1CCSS1)NCCN1C(=O)N=C2C=CSC2C1=O. The third-order valence-electron chi connectivity index (χ3n) is 4.23. The quantitative estimate of drug-likeness (QED) is 0.499. The molecular formula is C16H21N3O3S3. The molecule has 0 spiro atoms. The van der Waals surface area contributed by atoms with E-state index in [2.05, 4.69) is 10.3 Å². The monoisotopic (exact) mass is 399 g/mol. The lowest BCUT2D eigenvalue weighted by Crippen LogP contribution is -2.49. The van der Waals surface area contributed by atoms with E-state index in [1.807, 2.05) is 21.6 Å². The van der Waals surface area contributed by atoms with E-state index in [1.165, 1.54) is 30.4 Å². The van der Waals surface area contributed by atoms with Crippen molar-refractivity contribution in [1.29, 1.82) is 0 Å². The number of rotatable bonds is 8. The molecule has 0 bridgehead atoms. The number of imide groups is 1. The largest absolute Gasteiger partial charge is 0.354 e. The zero-order valence-corrected chi connectivity index (χ0v) is 16.3. The molecule has 0 saturated carbocycles. The van der Waals surface area contributed by atoms with Crippen LogP contribution in [0.4, 0.5) is 4.79 Å². The molecule has 4 amide bonds. The number of hydrogen-bond donors (Lipinski definition) is 1. The lowest BCUT2D eigenvalue weighted by molar-refractivity contribution is -0.127. The van der Waals surface area contributed by atoms with Crippen molar-refractivity contribution >= 4 is 56.9 Å². The average molecular weight is 400 g/mol. The predicted octanol–water partition coefficient (Wildman–Crippen LogP) is 2.85. The Hall–Kier alpha value is -0.930. The van der Waals surface area contributed by atoms with E-state index in [0.29, 0.717) is 12.1 Å². The van der Waals surface area contributed by atoms with Gasteiger partial charge in [-0.25, -0.2) is 4.79 Å². The molecule has 0 aromatic carbocycles. The van der Waals surface area contributed by atoms with Crippen molar-refractivity contribution in [3.05, 3.63) is 11.5 Å². The Morgan fingerprint density at radius 1 is 1.36 bits per heavy atom. The topological polar surface area (TPSA) is 78.8 Å². The predicted molar refractivity (Wildman–Crippen MR) is 105 cm³/mol. The summed E-state index contributed by atoms with van der Waals surface area (Å²) in [7, 11) is 3.91. The highest BCUT2D eigenvalue weighted by Crippen LogP contribution is 2.39. The fraction of sp³-hybridized carbons (Fsp3) is 0.625. The molecule has 1 N–H and O–H groups in total. The van der Waals surface area contributed by atoms with Gasteiger partial charge >= 0.3 is 6.03 Å². The van der Waals surface area contributed by atoms with E-state index in [4.69, 9.17) is 0 Å². The first kappa shape index (κ1) is 18.8. The molecule has 25 heavy (non-hydrogen) atoms. The van der Waals surface area contributed by atoms with Gasteiger partial charge in [0, 0.05) is 30.5 Å². The lowest BCUT2D eigenvalue weighted by atomic mass is 10.1. The minimum atomic E-state index is -0.537. The van der Waals surface area contributed by atoms with Gasteiger partial charge in [-0.1, -0.05) is 28.0 Å². The maximum absolute atomic E-state index is 12.3. The number of carbonyl (C=O) groups excluding carboxylic acids is 3. The molecule has 3 heterocycles. The second-order valence-corrected chi connectivity index (χ2v) is 9.86. The number of allylic oxidation sites excluding steroid dienone is 1. The first-order valence-electron chi connectivity index (χ1n) is 8.46. The molecule has 0 radical (unpaired) electrons. The fourth-order valence-corrected chi connectivity index (χ4v) is 6.77. The number of urea groups is 1. The van der Waals surface area contributed by atoms with Gasteiger partial charge < -0.3 is 5.32 Å². The Balaban J connectivity index is 1.31. The maximum atomic E-state index is 12.3. The standard InChI is InChI=1S/C16H21N3O3S3/c20-13(4-2-1-3-11-5-10-24-25-11)17-7-8-19-15(21)14-12(6-9-23-14)18-16(19)22/h6,9,11,14H,1-5,7-8,10H2,(H,17,20). The number of carbonyl (C=O) groups is 3. The summed E-state index contributed by atoms with van der Waals surface area (Å²) in [6, 6.07) is -0.537. The van der Waals surface area contributed by atoms with Gasteiger partial charge in [0.2, 0.25) is 11.8 Å².